The van der Waals surface area contributed by atoms with Gasteiger partial charge >= 0.3 is 0 Å². The molecule has 0 atom stereocenters. The Kier molecular flexibility index (Phi) is 8.76. The summed E-state index contributed by atoms with van der Waals surface area (Å²) in [6.45, 7) is 0. The molecule has 0 unspecified atom stereocenters. The summed E-state index contributed by atoms with van der Waals surface area (Å²) in [6, 6.07) is 90.4. The van der Waals surface area contributed by atoms with E-state index < -0.39 is 5.41 Å². The van der Waals surface area contributed by atoms with Gasteiger partial charge in [-0.05, 0) is 121 Å². The van der Waals surface area contributed by atoms with Crippen molar-refractivity contribution in [3.63, 3.8) is 0 Å². The van der Waals surface area contributed by atoms with E-state index in [0.717, 1.165) is 55.7 Å². The molecule has 0 radical (unpaired) electrons. The van der Waals surface area contributed by atoms with Crippen molar-refractivity contribution in [3.05, 3.63) is 271 Å². The van der Waals surface area contributed by atoms with Crippen LogP contribution in [0.15, 0.2) is 253 Å². The Bertz CT molecular complexity index is 3390. The number of hydrogen-bond acceptors (Lipinski definition) is 2. The molecular formula is C61H41NO. The number of rotatable bonds is 8. The topological polar surface area (TPSA) is 16.4 Å². The fraction of sp³-hybridized carbons (Fsp3) is 0.0164. The predicted octanol–water partition coefficient (Wildman–Crippen LogP) is 16.4. The van der Waals surface area contributed by atoms with Gasteiger partial charge < -0.3 is 9.32 Å². The van der Waals surface area contributed by atoms with Crippen LogP contribution in [0.5, 0.6) is 0 Å². The van der Waals surface area contributed by atoms with Crippen molar-refractivity contribution in [2.75, 3.05) is 4.90 Å². The number of fused-ring (bicyclic) bond motifs is 6. The first-order chi connectivity index (χ1) is 31.2. The molecule has 0 N–H and O–H groups in total. The number of anilines is 3. The van der Waals surface area contributed by atoms with Crippen LogP contribution in [0, 0.1) is 0 Å². The van der Waals surface area contributed by atoms with Crippen molar-refractivity contribution in [1.29, 1.82) is 0 Å². The molecule has 0 saturated carbocycles. The minimum absolute atomic E-state index is 0.516. The molecule has 1 aliphatic carbocycles. The Hall–Kier alpha value is -8.20. The van der Waals surface area contributed by atoms with E-state index in [1.165, 1.54) is 50.1 Å². The summed E-state index contributed by atoms with van der Waals surface area (Å²) >= 11 is 0. The summed E-state index contributed by atoms with van der Waals surface area (Å²) in [5.74, 6) is 0. The quantitative estimate of drug-likeness (QED) is 0.152. The largest absolute Gasteiger partial charge is 0.456 e. The SMILES string of the molecule is c1ccc(-c2ccc(-c3cccc(N(c4ccc(-c5ccc6oc7ccccc7c6c5)cc4)c4cccc(C5(c6ccccc6)c6ccccc6-c6ccccc65)c4)c3)cc2)cc1. The fourth-order valence-electron chi connectivity index (χ4n) is 10.1. The lowest BCUT2D eigenvalue weighted by Crippen LogP contribution is -2.28. The van der Waals surface area contributed by atoms with Crippen molar-refractivity contribution < 1.29 is 4.42 Å². The Morgan fingerprint density at radius 3 is 1.48 bits per heavy atom. The summed E-state index contributed by atoms with van der Waals surface area (Å²) in [5, 5.41) is 2.26. The third-order valence-corrected chi connectivity index (χ3v) is 13.0. The molecule has 1 heterocycles. The van der Waals surface area contributed by atoms with E-state index in [-0.39, 0.29) is 0 Å². The highest BCUT2D eigenvalue weighted by molar-refractivity contribution is 6.06. The summed E-state index contributed by atoms with van der Waals surface area (Å²) < 4.78 is 6.17. The highest BCUT2D eigenvalue weighted by atomic mass is 16.3. The van der Waals surface area contributed by atoms with Gasteiger partial charge in [-0.15, -0.1) is 0 Å². The Morgan fingerprint density at radius 2 is 0.762 bits per heavy atom. The Morgan fingerprint density at radius 1 is 0.286 bits per heavy atom. The molecule has 0 aliphatic heterocycles. The third kappa shape index (κ3) is 6.10. The van der Waals surface area contributed by atoms with Gasteiger partial charge in [0.05, 0.1) is 5.41 Å². The van der Waals surface area contributed by atoms with E-state index in [9.17, 15) is 0 Å². The second-order valence-corrected chi connectivity index (χ2v) is 16.4. The van der Waals surface area contributed by atoms with Gasteiger partial charge in [-0.2, -0.15) is 0 Å². The highest BCUT2D eigenvalue weighted by Gasteiger charge is 2.46. The minimum Gasteiger partial charge on any atom is -0.456 e. The first-order valence-electron chi connectivity index (χ1n) is 21.7. The molecule has 1 aliphatic rings. The van der Waals surface area contributed by atoms with E-state index in [1.54, 1.807) is 0 Å². The smallest absolute Gasteiger partial charge is 0.135 e. The zero-order valence-electron chi connectivity index (χ0n) is 34.5. The first-order valence-corrected chi connectivity index (χ1v) is 21.7. The molecule has 2 heteroatoms. The molecule has 296 valence electrons. The lowest BCUT2D eigenvalue weighted by Gasteiger charge is -2.35. The molecule has 0 fully saturated rings. The molecular weight excluding hydrogens is 763 g/mol. The standard InChI is InChI=1S/C61H41NO/c1-3-15-42(16-4-1)43-29-31-44(32-30-43)46-17-13-21-51(39-46)62(50-36-33-45(34-37-50)47-35-38-60-56(40-47)55-25-9-12-28-59(55)63-60)52-22-14-20-49(41-52)61(48-18-5-2-6-19-48)57-26-10-7-23-53(57)54-24-8-11-27-58(54)61/h1-41H. The maximum absolute atomic E-state index is 6.17. The van der Waals surface area contributed by atoms with Crippen LogP contribution in [0.1, 0.15) is 22.3 Å². The highest BCUT2D eigenvalue weighted by Crippen LogP contribution is 2.56. The van der Waals surface area contributed by atoms with Crippen LogP contribution in [0.25, 0.3) is 66.4 Å². The molecule has 1 aromatic heterocycles. The monoisotopic (exact) mass is 803 g/mol. The number of benzene rings is 10. The van der Waals surface area contributed by atoms with Crippen molar-refractivity contribution in [3.8, 4) is 44.5 Å². The van der Waals surface area contributed by atoms with Crippen molar-refractivity contribution in [2.24, 2.45) is 0 Å². The van der Waals surface area contributed by atoms with E-state index in [2.05, 4.69) is 241 Å². The van der Waals surface area contributed by atoms with Gasteiger partial charge in [-0.1, -0.05) is 194 Å². The fourth-order valence-corrected chi connectivity index (χ4v) is 10.1. The molecule has 0 amide bonds. The van der Waals surface area contributed by atoms with E-state index >= 15 is 0 Å². The zero-order valence-corrected chi connectivity index (χ0v) is 34.5. The zero-order chi connectivity index (χ0) is 41.7. The van der Waals surface area contributed by atoms with Crippen LogP contribution in [0.3, 0.4) is 0 Å². The molecule has 0 saturated heterocycles. The maximum Gasteiger partial charge on any atom is 0.135 e. The number of para-hydroxylation sites is 1. The predicted molar refractivity (Wildman–Crippen MR) is 262 cm³/mol. The second kappa shape index (κ2) is 15.1. The van der Waals surface area contributed by atoms with E-state index in [0.29, 0.717) is 0 Å². The first kappa shape index (κ1) is 36.6. The van der Waals surface area contributed by atoms with Gasteiger partial charge in [0.2, 0.25) is 0 Å². The van der Waals surface area contributed by atoms with Crippen LogP contribution in [-0.4, -0.2) is 0 Å². The summed E-state index contributed by atoms with van der Waals surface area (Å²) in [5.41, 5.74) is 19.2. The van der Waals surface area contributed by atoms with Gasteiger partial charge in [-0.3, -0.25) is 0 Å². The number of nitrogens with zero attached hydrogens (tertiary/aromatic N) is 1. The molecule has 10 aromatic carbocycles. The average Bonchev–Trinajstić information content (AvgIpc) is 3.89. The summed E-state index contributed by atoms with van der Waals surface area (Å²) in [4.78, 5) is 2.41. The Balaban J connectivity index is 1.01. The van der Waals surface area contributed by atoms with Crippen molar-refractivity contribution in [1.82, 2.24) is 0 Å². The van der Waals surface area contributed by atoms with Gasteiger partial charge in [0, 0.05) is 27.8 Å². The van der Waals surface area contributed by atoms with Crippen LogP contribution in [0.2, 0.25) is 0 Å². The molecule has 63 heavy (non-hydrogen) atoms. The van der Waals surface area contributed by atoms with Crippen LogP contribution in [-0.2, 0) is 5.41 Å². The minimum atomic E-state index is -0.516. The number of hydrogen-bond donors (Lipinski definition) is 0. The normalized spacial score (nSPS) is 12.6. The lowest BCUT2D eigenvalue weighted by atomic mass is 9.67. The van der Waals surface area contributed by atoms with Crippen molar-refractivity contribution >= 4 is 39.0 Å². The summed E-state index contributed by atoms with van der Waals surface area (Å²) in [6.07, 6.45) is 0. The van der Waals surface area contributed by atoms with E-state index in [1.807, 2.05) is 12.1 Å². The molecule has 2 nitrogen and oxygen atoms in total. The lowest BCUT2D eigenvalue weighted by molar-refractivity contribution is 0.669. The van der Waals surface area contributed by atoms with E-state index in [4.69, 9.17) is 4.42 Å². The van der Waals surface area contributed by atoms with Gasteiger partial charge in [0.15, 0.2) is 0 Å². The van der Waals surface area contributed by atoms with Crippen LogP contribution < -0.4 is 4.90 Å². The van der Waals surface area contributed by atoms with Gasteiger partial charge in [-0.25, -0.2) is 0 Å². The van der Waals surface area contributed by atoms with Crippen molar-refractivity contribution in [2.45, 2.75) is 5.41 Å². The summed E-state index contributed by atoms with van der Waals surface area (Å²) in [7, 11) is 0. The molecule has 11 aromatic rings. The average molecular weight is 804 g/mol. The molecule has 0 bridgehead atoms. The third-order valence-electron chi connectivity index (χ3n) is 13.0. The second-order valence-electron chi connectivity index (χ2n) is 16.4. The van der Waals surface area contributed by atoms with Crippen LogP contribution in [0.4, 0.5) is 17.1 Å². The van der Waals surface area contributed by atoms with Gasteiger partial charge in [0.25, 0.3) is 0 Å². The Labute approximate surface area is 367 Å². The van der Waals surface area contributed by atoms with Gasteiger partial charge in [0.1, 0.15) is 11.2 Å². The maximum atomic E-state index is 6.17. The number of furan rings is 1. The van der Waals surface area contributed by atoms with Crippen LogP contribution >= 0.6 is 0 Å². The molecule has 12 rings (SSSR count). The molecule has 0 spiro atoms.